The van der Waals surface area contributed by atoms with Crippen LogP contribution in [0.2, 0.25) is 0 Å². The third kappa shape index (κ3) is 3.29. The number of hydrogen-bond donors (Lipinski definition) is 2. The van der Waals surface area contributed by atoms with Crippen LogP contribution in [0.15, 0.2) is 30.3 Å². The van der Waals surface area contributed by atoms with Gasteiger partial charge in [-0.25, -0.2) is 0 Å². The van der Waals surface area contributed by atoms with Crippen LogP contribution in [-0.4, -0.2) is 35.0 Å². The summed E-state index contributed by atoms with van der Waals surface area (Å²) >= 11 is 0. The third-order valence-corrected chi connectivity index (χ3v) is 2.84. The van der Waals surface area contributed by atoms with Gasteiger partial charge in [0.2, 0.25) is 0 Å². The number of hydrogen-bond acceptors (Lipinski definition) is 4. The molecule has 3 atom stereocenters. The summed E-state index contributed by atoms with van der Waals surface area (Å²) in [6.07, 6.45) is -1.11. The normalized spacial score (nSPS) is 27.9. The molecule has 0 bridgehead atoms. The second-order valence-electron chi connectivity index (χ2n) is 4.27. The first-order valence-electron chi connectivity index (χ1n) is 5.87. The molecule has 1 aromatic carbocycles. The van der Waals surface area contributed by atoms with E-state index in [1.54, 1.807) is 0 Å². The van der Waals surface area contributed by atoms with Gasteiger partial charge in [-0.05, 0) is 0 Å². The molecule has 1 heterocycles. The first-order chi connectivity index (χ1) is 8.69. The quantitative estimate of drug-likeness (QED) is 0.845. The Morgan fingerprint density at radius 3 is 2.50 bits per heavy atom. The number of carbonyl (C=O) groups is 1. The molecule has 2 N–H and O–H groups in total. The number of carboxylic acid groups (broad SMARTS) is 1. The van der Waals surface area contributed by atoms with Gasteiger partial charge >= 0.3 is 5.97 Å². The van der Waals surface area contributed by atoms with E-state index < -0.39 is 18.4 Å². The van der Waals surface area contributed by atoms with Crippen molar-refractivity contribution in [2.75, 3.05) is 6.61 Å². The molecule has 0 radical (unpaired) electrons. The lowest BCUT2D eigenvalue weighted by Gasteiger charge is -2.34. The SMILES string of the molecule is O=C(O)C[C@@H]1C[C@H](CO)O[C@@H](c2ccccc2)O1. The molecule has 2 rings (SSSR count). The van der Waals surface area contributed by atoms with E-state index in [9.17, 15) is 9.90 Å². The molecule has 18 heavy (non-hydrogen) atoms. The molecule has 98 valence electrons. The van der Waals surface area contributed by atoms with Gasteiger partial charge in [-0.2, -0.15) is 0 Å². The molecule has 0 aliphatic carbocycles. The Labute approximate surface area is 105 Å². The summed E-state index contributed by atoms with van der Waals surface area (Å²) in [5.41, 5.74) is 0.825. The summed E-state index contributed by atoms with van der Waals surface area (Å²) in [4.78, 5) is 10.7. The zero-order valence-electron chi connectivity index (χ0n) is 9.86. The van der Waals surface area contributed by atoms with Crippen LogP contribution in [0.25, 0.3) is 0 Å². The fourth-order valence-corrected chi connectivity index (χ4v) is 2.00. The van der Waals surface area contributed by atoms with E-state index in [0.29, 0.717) is 6.42 Å². The molecular weight excluding hydrogens is 236 g/mol. The smallest absolute Gasteiger partial charge is 0.305 e. The molecule has 1 aromatic rings. The Morgan fingerprint density at radius 2 is 1.89 bits per heavy atom. The van der Waals surface area contributed by atoms with Gasteiger partial charge < -0.3 is 19.7 Å². The average molecular weight is 252 g/mol. The summed E-state index contributed by atoms with van der Waals surface area (Å²) < 4.78 is 11.2. The first kappa shape index (κ1) is 13.0. The highest BCUT2D eigenvalue weighted by Crippen LogP contribution is 2.30. The predicted octanol–water partition coefficient (Wildman–Crippen LogP) is 1.33. The van der Waals surface area contributed by atoms with E-state index in [2.05, 4.69) is 0 Å². The van der Waals surface area contributed by atoms with Crippen LogP contribution in [0.4, 0.5) is 0 Å². The van der Waals surface area contributed by atoms with Gasteiger partial charge in [0.25, 0.3) is 0 Å². The molecule has 1 saturated heterocycles. The molecule has 1 aliphatic heterocycles. The van der Waals surface area contributed by atoms with Gasteiger partial charge in [-0.3, -0.25) is 4.79 Å². The minimum Gasteiger partial charge on any atom is -0.481 e. The van der Waals surface area contributed by atoms with Crippen molar-refractivity contribution in [2.24, 2.45) is 0 Å². The highest BCUT2D eigenvalue weighted by Gasteiger charge is 2.31. The highest BCUT2D eigenvalue weighted by atomic mass is 16.7. The van der Waals surface area contributed by atoms with E-state index in [4.69, 9.17) is 14.6 Å². The van der Waals surface area contributed by atoms with Gasteiger partial charge in [0.15, 0.2) is 6.29 Å². The zero-order chi connectivity index (χ0) is 13.0. The maximum Gasteiger partial charge on any atom is 0.305 e. The third-order valence-electron chi connectivity index (χ3n) is 2.84. The van der Waals surface area contributed by atoms with Crippen molar-refractivity contribution in [3.05, 3.63) is 35.9 Å². The lowest BCUT2D eigenvalue weighted by atomic mass is 10.1. The van der Waals surface area contributed by atoms with Gasteiger partial charge in [0, 0.05) is 12.0 Å². The summed E-state index contributed by atoms with van der Waals surface area (Å²) in [5, 5.41) is 18.0. The van der Waals surface area contributed by atoms with Crippen LogP contribution in [0.3, 0.4) is 0 Å². The Balaban J connectivity index is 2.08. The number of ether oxygens (including phenoxy) is 2. The Kier molecular flexibility index (Phi) is 4.30. The van der Waals surface area contributed by atoms with Crippen LogP contribution >= 0.6 is 0 Å². The van der Waals surface area contributed by atoms with Crippen molar-refractivity contribution in [1.29, 1.82) is 0 Å². The van der Waals surface area contributed by atoms with E-state index in [1.807, 2.05) is 30.3 Å². The molecule has 0 spiro atoms. The van der Waals surface area contributed by atoms with Gasteiger partial charge in [0.05, 0.1) is 25.2 Å². The maximum atomic E-state index is 10.7. The van der Waals surface area contributed by atoms with Crippen molar-refractivity contribution < 1.29 is 24.5 Å². The van der Waals surface area contributed by atoms with Crippen LogP contribution in [-0.2, 0) is 14.3 Å². The fourth-order valence-electron chi connectivity index (χ4n) is 2.00. The second-order valence-corrected chi connectivity index (χ2v) is 4.27. The van der Waals surface area contributed by atoms with E-state index >= 15 is 0 Å². The van der Waals surface area contributed by atoms with Gasteiger partial charge in [0.1, 0.15) is 0 Å². The number of carboxylic acids is 1. The summed E-state index contributed by atoms with van der Waals surface area (Å²) in [6.45, 7) is -0.136. The molecule has 0 saturated carbocycles. The predicted molar refractivity (Wildman–Crippen MR) is 62.9 cm³/mol. The molecule has 5 nitrogen and oxygen atoms in total. The van der Waals surface area contributed by atoms with Crippen molar-refractivity contribution >= 4 is 5.97 Å². The fraction of sp³-hybridized carbons (Fsp3) is 0.462. The largest absolute Gasteiger partial charge is 0.481 e. The first-order valence-corrected chi connectivity index (χ1v) is 5.87. The van der Waals surface area contributed by atoms with Crippen molar-refractivity contribution in [3.63, 3.8) is 0 Å². The number of aliphatic carboxylic acids is 1. The second kappa shape index (κ2) is 5.95. The summed E-state index contributed by atoms with van der Waals surface area (Å²) in [5.74, 6) is -0.912. The lowest BCUT2D eigenvalue weighted by molar-refractivity contribution is -0.254. The maximum absolute atomic E-state index is 10.7. The highest BCUT2D eigenvalue weighted by molar-refractivity contribution is 5.67. The minimum absolute atomic E-state index is 0.0802. The van der Waals surface area contributed by atoms with Crippen LogP contribution < -0.4 is 0 Å². The van der Waals surface area contributed by atoms with Crippen LogP contribution in [0.5, 0.6) is 0 Å². The minimum atomic E-state index is -0.912. The molecule has 1 fully saturated rings. The number of aliphatic hydroxyl groups excluding tert-OH is 1. The molecule has 0 unspecified atom stereocenters. The van der Waals surface area contributed by atoms with Gasteiger partial charge in [-0.15, -0.1) is 0 Å². The van der Waals surface area contributed by atoms with Crippen LogP contribution in [0, 0.1) is 0 Å². The summed E-state index contributed by atoms with van der Waals surface area (Å²) in [6, 6.07) is 9.29. The molecule has 5 heteroatoms. The Bertz CT molecular complexity index is 392. The molecule has 1 aliphatic rings. The van der Waals surface area contributed by atoms with Crippen LogP contribution in [0.1, 0.15) is 24.7 Å². The molecule has 0 aromatic heterocycles. The van der Waals surface area contributed by atoms with E-state index in [-0.39, 0.29) is 19.1 Å². The van der Waals surface area contributed by atoms with Crippen molar-refractivity contribution in [2.45, 2.75) is 31.3 Å². The zero-order valence-corrected chi connectivity index (χ0v) is 9.86. The standard InChI is InChI=1S/C13H16O5/c14-8-11-6-10(7-12(15)16)17-13(18-11)9-4-2-1-3-5-9/h1-5,10-11,13-14H,6-8H2,(H,15,16)/t10-,11+,13-/m0/s1. The molecule has 0 amide bonds. The summed E-state index contributed by atoms with van der Waals surface area (Å²) in [7, 11) is 0. The van der Waals surface area contributed by atoms with Crippen molar-refractivity contribution in [3.8, 4) is 0 Å². The number of rotatable bonds is 4. The topological polar surface area (TPSA) is 76.0 Å². The van der Waals surface area contributed by atoms with E-state index in [1.165, 1.54) is 0 Å². The Morgan fingerprint density at radius 1 is 1.22 bits per heavy atom. The van der Waals surface area contributed by atoms with Gasteiger partial charge in [-0.1, -0.05) is 30.3 Å². The average Bonchev–Trinajstić information content (AvgIpc) is 2.38. The van der Waals surface area contributed by atoms with Crippen molar-refractivity contribution in [1.82, 2.24) is 0 Å². The number of benzene rings is 1. The lowest BCUT2D eigenvalue weighted by Crippen LogP contribution is -2.36. The Hall–Kier alpha value is -1.43. The van der Waals surface area contributed by atoms with E-state index in [0.717, 1.165) is 5.56 Å². The molecular formula is C13H16O5. The number of aliphatic hydroxyl groups is 1. The monoisotopic (exact) mass is 252 g/mol.